The van der Waals surface area contributed by atoms with Gasteiger partial charge in [-0.05, 0) is 39.7 Å². The SMILES string of the molecule is CCCN1CCC(Nc2nc(C)cnc2C)CC1. The molecular weight excluding hydrogens is 224 g/mol. The highest BCUT2D eigenvalue weighted by molar-refractivity contribution is 5.40. The van der Waals surface area contributed by atoms with Gasteiger partial charge in [0.15, 0.2) is 0 Å². The molecule has 1 N–H and O–H groups in total. The summed E-state index contributed by atoms with van der Waals surface area (Å²) in [6.45, 7) is 9.88. The number of aromatic nitrogens is 2. The number of anilines is 1. The number of piperidine rings is 1. The fourth-order valence-electron chi connectivity index (χ4n) is 2.48. The molecule has 0 atom stereocenters. The number of nitrogens with one attached hydrogen (secondary N) is 1. The predicted molar refractivity (Wildman–Crippen MR) is 74.9 cm³/mol. The fourth-order valence-corrected chi connectivity index (χ4v) is 2.48. The smallest absolute Gasteiger partial charge is 0.147 e. The maximum atomic E-state index is 4.53. The minimum Gasteiger partial charge on any atom is -0.366 e. The Morgan fingerprint density at radius 2 is 2.06 bits per heavy atom. The molecule has 1 aliphatic rings. The molecule has 4 heteroatoms. The first-order chi connectivity index (χ1) is 8.69. The van der Waals surface area contributed by atoms with Gasteiger partial charge in [-0.25, -0.2) is 4.98 Å². The van der Waals surface area contributed by atoms with Crippen molar-refractivity contribution in [2.24, 2.45) is 0 Å². The zero-order valence-electron chi connectivity index (χ0n) is 11.7. The van der Waals surface area contributed by atoms with Crippen molar-refractivity contribution in [1.29, 1.82) is 0 Å². The molecule has 0 bridgehead atoms. The molecule has 1 fully saturated rings. The normalized spacial score (nSPS) is 17.9. The maximum absolute atomic E-state index is 4.53. The van der Waals surface area contributed by atoms with Crippen molar-refractivity contribution < 1.29 is 0 Å². The Morgan fingerprint density at radius 3 is 2.72 bits per heavy atom. The van der Waals surface area contributed by atoms with E-state index in [9.17, 15) is 0 Å². The van der Waals surface area contributed by atoms with Gasteiger partial charge < -0.3 is 10.2 Å². The summed E-state index contributed by atoms with van der Waals surface area (Å²) in [6, 6.07) is 0.549. The van der Waals surface area contributed by atoms with Gasteiger partial charge in [-0.15, -0.1) is 0 Å². The van der Waals surface area contributed by atoms with Crippen LogP contribution in [0.1, 0.15) is 37.6 Å². The second kappa shape index (κ2) is 6.14. The first-order valence-electron chi connectivity index (χ1n) is 6.98. The monoisotopic (exact) mass is 248 g/mol. The van der Waals surface area contributed by atoms with Gasteiger partial charge in [0.2, 0.25) is 0 Å². The first kappa shape index (κ1) is 13.3. The van der Waals surface area contributed by atoms with Gasteiger partial charge in [-0.3, -0.25) is 4.98 Å². The highest BCUT2D eigenvalue weighted by Gasteiger charge is 2.19. The minimum absolute atomic E-state index is 0.549. The number of aryl methyl sites for hydroxylation is 2. The molecule has 100 valence electrons. The van der Waals surface area contributed by atoms with Gasteiger partial charge in [0.05, 0.1) is 11.4 Å². The molecule has 2 heterocycles. The van der Waals surface area contributed by atoms with Crippen LogP contribution in [-0.2, 0) is 0 Å². The molecule has 4 nitrogen and oxygen atoms in total. The zero-order valence-corrected chi connectivity index (χ0v) is 11.7. The third-order valence-corrected chi connectivity index (χ3v) is 3.54. The topological polar surface area (TPSA) is 41.0 Å². The molecule has 2 rings (SSSR count). The van der Waals surface area contributed by atoms with Crippen LogP contribution in [0.5, 0.6) is 0 Å². The maximum Gasteiger partial charge on any atom is 0.147 e. The molecule has 0 amide bonds. The van der Waals surface area contributed by atoms with Crippen LogP contribution in [0.15, 0.2) is 6.20 Å². The minimum atomic E-state index is 0.549. The summed E-state index contributed by atoms with van der Waals surface area (Å²) >= 11 is 0. The van der Waals surface area contributed by atoms with Crippen LogP contribution < -0.4 is 5.32 Å². The van der Waals surface area contributed by atoms with E-state index in [1.807, 2.05) is 20.0 Å². The Hall–Kier alpha value is -1.16. The van der Waals surface area contributed by atoms with E-state index in [2.05, 4.69) is 27.1 Å². The Bertz CT molecular complexity index is 383. The van der Waals surface area contributed by atoms with Crippen LogP contribution in [0.3, 0.4) is 0 Å². The number of hydrogen-bond donors (Lipinski definition) is 1. The summed E-state index contributed by atoms with van der Waals surface area (Å²) < 4.78 is 0. The van der Waals surface area contributed by atoms with E-state index in [0.717, 1.165) is 17.2 Å². The molecule has 0 radical (unpaired) electrons. The van der Waals surface area contributed by atoms with E-state index in [1.54, 1.807) is 0 Å². The molecule has 1 aromatic rings. The molecular formula is C14H24N4. The molecule has 0 aliphatic carbocycles. The Balaban J connectivity index is 1.89. The Kier molecular flexibility index (Phi) is 4.53. The summed E-state index contributed by atoms with van der Waals surface area (Å²) in [7, 11) is 0. The van der Waals surface area contributed by atoms with Gasteiger partial charge in [-0.1, -0.05) is 6.92 Å². The highest BCUT2D eigenvalue weighted by atomic mass is 15.1. The van der Waals surface area contributed by atoms with Gasteiger partial charge >= 0.3 is 0 Å². The van der Waals surface area contributed by atoms with Gasteiger partial charge in [-0.2, -0.15) is 0 Å². The molecule has 0 spiro atoms. The number of likely N-dealkylation sites (tertiary alicyclic amines) is 1. The van der Waals surface area contributed by atoms with Crippen LogP contribution in [0.4, 0.5) is 5.82 Å². The van der Waals surface area contributed by atoms with Gasteiger partial charge in [0.1, 0.15) is 5.82 Å². The standard InChI is InChI=1S/C14H24N4/c1-4-7-18-8-5-13(6-9-18)17-14-12(3)15-10-11(2)16-14/h10,13H,4-9H2,1-3H3,(H,16,17). The van der Waals surface area contributed by atoms with E-state index in [-0.39, 0.29) is 0 Å². The van der Waals surface area contributed by atoms with Crippen molar-refractivity contribution in [3.63, 3.8) is 0 Å². The van der Waals surface area contributed by atoms with Crippen molar-refractivity contribution in [2.45, 2.75) is 46.1 Å². The second-order valence-electron chi connectivity index (χ2n) is 5.21. The molecule has 0 aromatic carbocycles. The van der Waals surface area contributed by atoms with E-state index >= 15 is 0 Å². The molecule has 0 unspecified atom stereocenters. The first-order valence-corrected chi connectivity index (χ1v) is 6.98. The van der Waals surface area contributed by atoms with Crippen LogP contribution in [0.25, 0.3) is 0 Å². The van der Waals surface area contributed by atoms with E-state index < -0.39 is 0 Å². The third-order valence-electron chi connectivity index (χ3n) is 3.54. The zero-order chi connectivity index (χ0) is 13.0. The average Bonchev–Trinajstić information content (AvgIpc) is 2.37. The van der Waals surface area contributed by atoms with Crippen molar-refractivity contribution >= 4 is 5.82 Å². The van der Waals surface area contributed by atoms with Crippen LogP contribution in [-0.4, -0.2) is 40.5 Å². The third kappa shape index (κ3) is 3.42. The number of rotatable bonds is 4. The summed E-state index contributed by atoms with van der Waals surface area (Å²) in [5.74, 6) is 0.962. The molecule has 1 aromatic heterocycles. The quantitative estimate of drug-likeness (QED) is 0.888. The van der Waals surface area contributed by atoms with Crippen LogP contribution >= 0.6 is 0 Å². The molecule has 1 aliphatic heterocycles. The lowest BCUT2D eigenvalue weighted by Crippen LogP contribution is -2.39. The molecule has 1 saturated heterocycles. The highest BCUT2D eigenvalue weighted by Crippen LogP contribution is 2.17. The fraction of sp³-hybridized carbons (Fsp3) is 0.714. The van der Waals surface area contributed by atoms with Crippen molar-refractivity contribution in [2.75, 3.05) is 25.0 Å². The summed E-state index contributed by atoms with van der Waals surface area (Å²) in [5.41, 5.74) is 1.98. The number of hydrogen-bond acceptors (Lipinski definition) is 4. The molecule has 18 heavy (non-hydrogen) atoms. The van der Waals surface area contributed by atoms with Crippen LogP contribution in [0.2, 0.25) is 0 Å². The number of nitrogens with zero attached hydrogens (tertiary/aromatic N) is 3. The Morgan fingerprint density at radius 1 is 1.33 bits per heavy atom. The lowest BCUT2D eigenvalue weighted by Gasteiger charge is -2.32. The van der Waals surface area contributed by atoms with E-state index in [1.165, 1.54) is 38.9 Å². The second-order valence-corrected chi connectivity index (χ2v) is 5.21. The van der Waals surface area contributed by atoms with E-state index in [4.69, 9.17) is 0 Å². The Labute approximate surface area is 110 Å². The molecule has 0 saturated carbocycles. The lowest BCUT2D eigenvalue weighted by molar-refractivity contribution is 0.219. The van der Waals surface area contributed by atoms with Crippen LogP contribution in [0, 0.1) is 13.8 Å². The van der Waals surface area contributed by atoms with Crippen molar-refractivity contribution in [3.8, 4) is 0 Å². The average molecular weight is 248 g/mol. The predicted octanol–water partition coefficient (Wildman–Crippen LogP) is 2.38. The van der Waals surface area contributed by atoms with E-state index in [0.29, 0.717) is 6.04 Å². The van der Waals surface area contributed by atoms with Crippen molar-refractivity contribution in [1.82, 2.24) is 14.9 Å². The largest absolute Gasteiger partial charge is 0.366 e. The summed E-state index contributed by atoms with van der Waals surface area (Å²) in [4.78, 5) is 11.4. The van der Waals surface area contributed by atoms with Gasteiger partial charge in [0.25, 0.3) is 0 Å². The lowest BCUT2D eigenvalue weighted by atomic mass is 10.0. The summed E-state index contributed by atoms with van der Waals surface area (Å²) in [6.07, 6.45) is 5.48. The van der Waals surface area contributed by atoms with Crippen molar-refractivity contribution in [3.05, 3.63) is 17.6 Å². The van der Waals surface area contributed by atoms with Gasteiger partial charge in [0, 0.05) is 25.3 Å². The summed E-state index contributed by atoms with van der Waals surface area (Å²) in [5, 5.41) is 3.55.